The SMILES string of the molecule is I.NC(=NCC1CCN(c2ccccc2F)C1)Nc1cc(F)ccc1F. The van der Waals surface area contributed by atoms with Gasteiger partial charge in [0.25, 0.3) is 0 Å². The van der Waals surface area contributed by atoms with E-state index in [2.05, 4.69) is 10.3 Å². The van der Waals surface area contributed by atoms with Crippen LogP contribution in [0.25, 0.3) is 0 Å². The fraction of sp³-hybridized carbons (Fsp3) is 0.278. The minimum atomic E-state index is -0.605. The number of hydrogen-bond acceptors (Lipinski definition) is 2. The lowest BCUT2D eigenvalue weighted by molar-refractivity contribution is 0.597. The monoisotopic (exact) mass is 476 g/mol. The third-order valence-electron chi connectivity index (χ3n) is 4.19. The lowest BCUT2D eigenvalue weighted by atomic mass is 10.1. The molecule has 0 spiro atoms. The van der Waals surface area contributed by atoms with E-state index in [1.807, 2.05) is 4.90 Å². The van der Waals surface area contributed by atoms with Gasteiger partial charge in [-0.15, -0.1) is 24.0 Å². The molecule has 2 aromatic rings. The summed E-state index contributed by atoms with van der Waals surface area (Å²) in [5, 5.41) is 2.57. The van der Waals surface area contributed by atoms with E-state index in [4.69, 9.17) is 5.73 Å². The molecule has 0 saturated carbocycles. The summed E-state index contributed by atoms with van der Waals surface area (Å²) in [6, 6.07) is 9.74. The van der Waals surface area contributed by atoms with Gasteiger partial charge in [0.1, 0.15) is 17.5 Å². The second-order valence-corrected chi connectivity index (χ2v) is 6.03. The first-order chi connectivity index (χ1) is 12.0. The first-order valence-corrected chi connectivity index (χ1v) is 8.04. The molecule has 0 bridgehead atoms. The molecule has 0 aromatic heterocycles. The van der Waals surface area contributed by atoms with Gasteiger partial charge in [-0.05, 0) is 36.6 Å². The summed E-state index contributed by atoms with van der Waals surface area (Å²) in [6.07, 6.45) is 0.861. The lowest BCUT2D eigenvalue weighted by Gasteiger charge is -2.19. The summed E-state index contributed by atoms with van der Waals surface area (Å²) in [7, 11) is 0. The zero-order valence-electron chi connectivity index (χ0n) is 14.0. The van der Waals surface area contributed by atoms with Crippen LogP contribution < -0.4 is 16.0 Å². The van der Waals surface area contributed by atoms with Crippen molar-refractivity contribution in [3.8, 4) is 0 Å². The van der Waals surface area contributed by atoms with Crippen LogP contribution in [-0.2, 0) is 0 Å². The molecule has 1 aliphatic heterocycles. The highest BCUT2D eigenvalue weighted by Crippen LogP contribution is 2.26. The van der Waals surface area contributed by atoms with Gasteiger partial charge in [0.05, 0.1) is 11.4 Å². The van der Waals surface area contributed by atoms with Crippen molar-refractivity contribution in [3.63, 3.8) is 0 Å². The lowest BCUT2D eigenvalue weighted by Crippen LogP contribution is -2.25. The van der Waals surface area contributed by atoms with E-state index in [-0.39, 0.29) is 47.4 Å². The average Bonchev–Trinajstić information content (AvgIpc) is 3.05. The van der Waals surface area contributed by atoms with Crippen molar-refractivity contribution in [1.29, 1.82) is 0 Å². The Morgan fingerprint density at radius 2 is 1.92 bits per heavy atom. The van der Waals surface area contributed by atoms with Gasteiger partial charge < -0.3 is 16.0 Å². The van der Waals surface area contributed by atoms with Crippen molar-refractivity contribution in [1.82, 2.24) is 0 Å². The molecule has 4 nitrogen and oxygen atoms in total. The number of hydrogen-bond donors (Lipinski definition) is 2. The number of rotatable bonds is 4. The minimum Gasteiger partial charge on any atom is -0.370 e. The van der Waals surface area contributed by atoms with Crippen molar-refractivity contribution < 1.29 is 13.2 Å². The molecule has 140 valence electrons. The summed E-state index contributed by atoms with van der Waals surface area (Å²) in [4.78, 5) is 6.17. The normalized spacial score (nSPS) is 17.1. The van der Waals surface area contributed by atoms with Crippen molar-refractivity contribution >= 4 is 41.3 Å². The summed E-state index contributed by atoms with van der Waals surface area (Å²) in [5.41, 5.74) is 6.28. The largest absolute Gasteiger partial charge is 0.370 e. The summed E-state index contributed by atoms with van der Waals surface area (Å²) in [5.74, 6) is -1.17. The fourth-order valence-electron chi connectivity index (χ4n) is 2.91. The fourth-order valence-corrected chi connectivity index (χ4v) is 2.91. The molecule has 1 unspecified atom stereocenters. The Labute approximate surface area is 167 Å². The number of benzene rings is 2. The predicted octanol–water partition coefficient (Wildman–Crippen LogP) is 3.98. The molecule has 2 aromatic carbocycles. The molecule has 26 heavy (non-hydrogen) atoms. The Hall–Kier alpha value is -1.97. The highest BCUT2D eigenvalue weighted by Gasteiger charge is 2.24. The number of nitrogens with two attached hydrogens (primary N) is 1. The maximum absolute atomic E-state index is 13.8. The molecular formula is C18H20F3IN4. The van der Waals surface area contributed by atoms with Gasteiger partial charge >= 0.3 is 0 Å². The van der Waals surface area contributed by atoms with E-state index in [9.17, 15) is 13.2 Å². The number of guanidine groups is 1. The van der Waals surface area contributed by atoms with Gasteiger partial charge in [-0.2, -0.15) is 0 Å². The standard InChI is InChI=1S/C18H19F3N4.HI/c19-13-5-6-14(20)16(9-13)24-18(22)23-10-12-7-8-25(11-12)17-4-2-1-3-15(17)21;/h1-6,9,12H,7-8,10-11H2,(H3,22,23,24);1H. The second kappa shape index (κ2) is 9.11. The third-order valence-corrected chi connectivity index (χ3v) is 4.19. The number of aliphatic imine (C=N–C) groups is 1. The van der Waals surface area contributed by atoms with Crippen LogP contribution in [0.3, 0.4) is 0 Å². The van der Waals surface area contributed by atoms with Crippen LogP contribution in [0.15, 0.2) is 47.5 Å². The van der Waals surface area contributed by atoms with Gasteiger partial charge in [0, 0.05) is 25.7 Å². The van der Waals surface area contributed by atoms with E-state index < -0.39 is 11.6 Å². The molecule has 1 atom stereocenters. The van der Waals surface area contributed by atoms with Crippen molar-refractivity contribution in [3.05, 3.63) is 59.9 Å². The Morgan fingerprint density at radius 3 is 2.69 bits per heavy atom. The van der Waals surface area contributed by atoms with Crippen LogP contribution in [0.5, 0.6) is 0 Å². The van der Waals surface area contributed by atoms with Crippen molar-refractivity contribution in [2.45, 2.75) is 6.42 Å². The van der Waals surface area contributed by atoms with Crippen LogP contribution in [0, 0.1) is 23.4 Å². The highest BCUT2D eigenvalue weighted by atomic mass is 127. The quantitative estimate of drug-likeness (QED) is 0.399. The van der Waals surface area contributed by atoms with Gasteiger partial charge in [-0.1, -0.05) is 12.1 Å². The molecule has 1 heterocycles. The average molecular weight is 476 g/mol. The van der Waals surface area contributed by atoms with E-state index in [1.54, 1.807) is 18.2 Å². The first-order valence-electron chi connectivity index (χ1n) is 8.04. The van der Waals surface area contributed by atoms with E-state index in [0.29, 0.717) is 18.8 Å². The smallest absolute Gasteiger partial charge is 0.193 e. The van der Waals surface area contributed by atoms with E-state index in [0.717, 1.165) is 31.2 Å². The van der Waals surface area contributed by atoms with Gasteiger partial charge in [0.2, 0.25) is 0 Å². The van der Waals surface area contributed by atoms with Crippen LogP contribution in [0.4, 0.5) is 24.5 Å². The number of anilines is 2. The zero-order chi connectivity index (χ0) is 17.8. The molecule has 1 fully saturated rings. The Balaban J connectivity index is 0.00000243. The van der Waals surface area contributed by atoms with E-state index >= 15 is 0 Å². The molecule has 8 heteroatoms. The highest BCUT2D eigenvalue weighted by molar-refractivity contribution is 14.0. The maximum Gasteiger partial charge on any atom is 0.193 e. The number of halogens is 4. The van der Waals surface area contributed by atoms with Crippen molar-refractivity contribution in [2.75, 3.05) is 29.9 Å². The second-order valence-electron chi connectivity index (χ2n) is 6.03. The molecule has 1 saturated heterocycles. The van der Waals surface area contributed by atoms with Gasteiger partial charge in [-0.3, -0.25) is 4.99 Å². The molecule has 0 aliphatic carbocycles. The molecular weight excluding hydrogens is 456 g/mol. The zero-order valence-corrected chi connectivity index (χ0v) is 16.3. The predicted molar refractivity (Wildman–Crippen MR) is 109 cm³/mol. The van der Waals surface area contributed by atoms with Crippen LogP contribution in [0.1, 0.15) is 6.42 Å². The summed E-state index contributed by atoms with van der Waals surface area (Å²) in [6.45, 7) is 1.85. The minimum absolute atomic E-state index is 0. The number of nitrogens with one attached hydrogen (secondary N) is 1. The Kier molecular flexibility index (Phi) is 7.13. The van der Waals surface area contributed by atoms with Gasteiger partial charge in [-0.25, -0.2) is 13.2 Å². The van der Waals surface area contributed by atoms with Crippen LogP contribution in [-0.4, -0.2) is 25.6 Å². The van der Waals surface area contributed by atoms with Crippen LogP contribution in [0.2, 0.25) is 0 Å². The molecule has 0 radical (unpaired) electrons. The van der Waals surface area contributed by atoms with Crippen molar-refractivity contribution in [2.24, 2.45) is 16.6 Å². The molecule has 3 rings (SSSR count). The topological polar surface area (TPSA) is 53.6 Å². The molecule has 3 N–H and O–H groups in total. The van der Waals surface area contributed by atoms with Gasteiger partial charge in [0.15, 0.2) is 5.96 Å². The summed E-state index contributed by atoms with van der Waals surface area (Å²) < 4.78 is 40.5. The van der Waals surface area contributed by atoms with Crippen LogP contribution >= 0.6 is 24.0 Å². The Morgan fingerprint density at radius 1 is 1.15 bits per heavy atom. The third kappa shape index (κ3) is 5.03. The number of nitrogens with zero attached hydrogens (tertiary/aromatic N) is 2. The number of para-hydroxylation sites is 1. The van der Waals surface area contributed by atoms with E-state index in [1.165, 1.54) is 6.07 Å². The Bertz CT molecular complexity index is 785. The summed E-state index contributed by atoms with van der Waals surface area (Å²) >= 11 is 0. The maximum atomic E-state index is 13.8. The molecule has 1 aliphatic rings. The molecule has 0 amide bonds. The first kappa shape index (κ1) is 20.3.